The van der Waals surface area contributed by atoms with Gasteiger partial charge in [0, 0.05) is 18.2 Å². The van der Waals surface area contributed by atoms with E-state index in [2.05, 4.69) is 10.9 Å². The summed E-state index contributed by atoms with van der Waals surface area (Å²) in [7, 11) is -3.60. The summed E-state index contributed by atoms with van der Waals surface area (Å²) >= 11 is 7.65. The van der Waals surface area contributed by atoms with Crippen molar-refractivity contribution in [2.45, 2.75) is 43.7 Å². The first-order valence-electron chi connectivity index (χ1n) is 10.2. The van der Waals surface area contributed by atoms with Crippen molar-refractivity contribution < 1.29 is 13.2 Å². The Morgan fingerprint density at radius 3 is 2.69 bits per heavy atom. The number of rotatable bonds is 4. The van der Waals surface area contributed by atoms with Crippen molar-refractivity contribution in [3.8, 4) is 12.3 Å². The third kappa shape index (κ3) is 4.26. The van der Waals surface area contributed by atoms with Crippen LogP contribution in [-0.4, -0.2) is 35.8 Å². The number of benzene rings is 2. The second-order valence-electron chi connectivity index (χ2n) is 7.66. The first-order chi connectivity index (χ1) is 15.3. The number of carbonyl (C=O) groups is 1. The van der Waals surface area contributed by atoms with Crippen molar-refractivity contribution in [2.24, 2.45) is 4.99 Å². The van der Waals surface area contributed by atoms with Crippen LogP contribution in [0, 0.1) is 12.3 Å². The summed E-state index contributed by atoms with van der Waals surface area (Å²) in [6.45, 7) is 2.67. The second kappa shape index (κ2) is 9.20. The summed E-state index contributed by atoms with van der Waals surface area (Å²) in [6.07, 6.45) is 8.25. The number of sulfonamides is 1. The molecule has 0 radical (unpaired) electrons. The molecular formula is C23H22ClN3O3S2. The van der Waals surface area contributed by atoms with Gasteiger partial charge in [-0.1, -0.05) is 41.3 Å². The van der Waals surface area contributed by atoms with E-state index in [-0.39, 0.29) is 17.5 Å². The van der Waals surface area contributed by atoms with Gasteiger partial charge in [0.2, 0.25) is 10.0 Å². The molecule has 4 rings (SSSR count). The predicted molar refractivity (Wildman–Crippen MR) is 127 cm³/mol. The molecule has 0 bridgehead atoms. The minimum atomic E-state index is -3.60. The number of amides is 1. The smallest absolute Gasteiger partial charge is 0.279 e. The average molecular weight is 488 g/mol. The summed E-state index contributed by atoms with van der Waals surface area (Å²) < 4.78 is 30.2. The third-order valence-corrected chi connectivity index (χ3v) is 8.92. The van der Waals surface area contributed by atoms with Crippen molar-refractivity contribution in [1.29, 1.82) is 0 Å². The molecule has 2 heterocycles. The summed E-state index contributed by atoms with van der Waals surface area (Å²) in [4.78, 5) is 17.7. The van der Waals surface area contributed by atoms with Gasteiger partial charge in [0.15, 0.2) is 4.80 Å². The van der Waals surface area contributed by atoms with Crippen LogP contribution in [-0.2, 0) is 16.6 Å². The number of carbonyl (C=O) groups excluding carboxylic acids is 1. The van der Waals surface area contributed by atoms with E-state index in [4.69, 9.17) is 18.0 Å². The Bertz CT molecular complexity index is 1380. The third-order valence-electron chi connectivity index (χ3n) is 5.55. The van der Waals surface area contributed by atoms with Gasteiger partial charge in [-0.2, -0.15) is 9.30 Å². The maximum Gasteiger partial charge on any atom is 0.279 e. The predicted octanol–water partition coefficient (Wildman–Crippen LogP) is 4.29. The van der Waals surface area contributed by atoms with E-state index < -0.39 is 15.9 Å². The highest BCUT2D eigenvalue weighted by Gasteiger charge is 2.30. The summed E-state index contributed by atoms with van der Waals surface area (Å²) in [5, 5.41) is 0.532. The minimum Gasteiger partial charge on any atom is -0.303 e. The Morgan fingerprint density at radius 2 is 2.00 bits per heavy atom. The lowest BCUT2D eigenvalue weighted by Gasteiger charge is -2.32. The van der Waals surface area contributed by atoms with Crippen LogP contribution in [0.15, 0.2) is 52.4 Å². The Kier molecular flexibility index (Phi) is 6.54. The number of terminal acetylenes is 1. The first-order valence-corrected chi connectivity index (χ1v) is 12.9. The summed E-state index contributed by atoms with van der Waals surface area (Å²) in [5.41, 5.74) is 1.03. The molecule has 0 N–H and O–H groups in total. The van der Waals surface area contributed by atoms with Crippen LogP contribution in [0.25, 0.3) is 10.2 Å². The van der Waals surface area contributed by atoms with Gasteiger partial charge >= 0.3 is 0 Å². The number of halogens is 1. The molecule has 166 valence electrons. The average Bonchev–Trinajstić information content (AvgIpc) is 3.12. The van der Waals surface area contributed by atoms with Gasteiger partial charge in [-0.15, -0.1) is 6.42 Å². The fourth-order valence-corrected chi connectivity index (χ4v) is 6.98. The zero-order valence-electron chi connectivity index (χ0n) is 17.5. The molecule has 1 atom stereocenters. The monoisotopic (exact) mass is 487 g/mol. The molecule has 0 saturated carbocycles. The maximum atomic E-state index is 13.0. The molecule has 9 heteroatoms. The van der Waals surface area contributed by atoms with Crippen molar-refractivity contribution in [2.75, 3.05) is 6.54 Å². The van der Waals surface area contributed by atoms with E-state index in [1.54, 1.807) is 14.9 Å². The fraction of sp³-hybridized carbons (Fsp3) is 0.304. The zero-order valence-corrected chi connectivity index (χ0v) is 19.9. The van der Waals surface area contributed by atoms with E-state index in [0.29, 0.717) is 21.9 Å². The van der Waals surface area contributed by atoms with Crippen LogP contribution in [0.3, 0.4) is 0 Å². The van der Waals surface area contributed by atoms with E-state index in [9.17, 15) is 13.2 Å². The Morgan fingerprint density at radius 1 is 1.25 bits per heavy atom. The van der Waals surface area contributed by atoms with Crippen LogP contribution in [0.4, 0.5) is 0 Å². The van der Waals surface area contributed by atoms with Crippen molar-refractivity contribution >= 4 is 49.1 Å². The number of fused-ring (bicyclic) bond motifs is 1. The number of hydrogen-bond acceptors (Lipinski definition) is 4. The molecule has 1 aliphatic heterocycles. The van der Waals surface area contributed by atoms with Gasteiger partial charge in [0.25, 0.3) is 5.91 Å². The Balaban J connectivity index is 1.67. The Labute approximate surface area is 196 Å². The van der Waals surface area contributed by atoms with E-state index in [0.717, 1.165) is 29.5 Å². The largest absolute Gasteiger partial charge is 0.303 e. The maximum absolute atomic E-state index is 13.0. The normalized spacial score (nSPS) is 18.0. The topological polar surface area (TPSA) is 71.7 Å². The number of hydrogen-bond donors (Lipinski definition) is 0. The summed E-state index contributed by atoms with van der Waals surface area (Å²) in [5.74, 6) is 2.09. The first kappa shape index (κ1) is 22.7. The molecule has 1 saturated heterocycles. The molecule has 6 nitrogen and oxygen atoms in total. The lowest BCUT2D eigenvalue weighted by Crippen LogP contribution is -2.41. The van der Waals surface area contributed by atoms with Gasteiger partial charge in [0.1, 0.15) is 0 Å². The van der Waals surface area contributed by atoms with Crippen molar-refractivity contribution in [1.82, 2.24) is 8.87 Å². The lowest BCUT2D eigenvalue weighted by molar-refractivity contribution is 0.0997. The highest BCUT2D eigenvalue weighted by Crippen LogP contribution is 2.26. The molecule has 1 unspecified atom stereocenters. The highest BCUT2D eigenvalue weighted by molar-refractivity contribution is 7.89. The molecule has 3 aromatic rings. The number of para-hydroxylation sites is 1. The van der Waals surface area contributed by atoms with Crippen LogP contribution >= 0.6 is 22.9 Å². The molecule has 1 aromatic heterocycles. The molecule has 2 aromatic carbocycles. The second-order valence-corrected chi connectivity index (χ2v) is 11.0. The van der Waals surface area contributed by atoms with Crippen LogP contribution in [0.2, 0.25) is 5.02 Å². The molecule has 1 aliphatic rings. The van der Waals surface area contributed by atoms with Gasteiger partial charge in [-0.05, 0) is 56.2 Å². The van der Waals surface area contributed by atoms with E-state index in [1.807, 2.05) is 19.1 Å². The summed E-state index contributed by atoms with van der Waals surface area (Å²) in [6, 6.07) is 11.4. The number of nitrogens with zero attached hydrogens (tertiary/aromatic N) is 3. The van der Waals surface area contributed by atoms with Gasteiger partial charge in [-0.25, -0.2) is 8.42 Å². The van der Waals surface area contributed by atoms with Gasteiger partial charge in [-0.3, -0.25) is 4.79 Å². The van der Waals surface area contributed by atoms with Crippen LogP contribution in [0.1, 0.15) is 36.5 Å². The molecule has 0 aliphatic carbocycles. The number of piperidine rings is 1. The van der Waals surface area contributed by atoms with Crippen molar-refractivity contribution in [3.05, 3.63) is 57.9 Å². The fourth-order valence-electron chi connectivity index (χ4n) is 3.90. The molecular weight excluding hydrogens is 466 g/mol. The number of aromatic nitrogens is 1. The minimum absolute atomic E-state index is 0.0311. The van der Waals surface area contributed by atoms with E-state index in [1.165, 1.54) is 35.6 Å². The lowest BCUT2D eigenvalue weighted by atomic mass is 10.1. The van der Waals surface area contributed by atoms with Gasteiger partial charge < -0.3 is 4.57 Å². The highest BCUT2D eigenvalue weighted by atomic mass is 35.5. The van der Waals surface area contributed by atoms with Gasteiger partial charge in [0.05, 0.1) is 26.7 Å². The molecule has 32 heavy (non-hydrogen) atoms. The van der Waals surface area contributed by atoms with E-state index >= 15 is 0 Å². The van der Waals surface area contributed by atoms with Crippen molar-refractivity contribution in [3.63, 3.8) is 0 Å². The zero-order chi connectivity index (χ0) is 22.9. The quantitative estimate of drug-likeness (QED) is 0.515. The number of thiazole rings is 1. The van der Waals surface area contributed by atoms with Crippen LogP contribution < -0.4 is 4.80 Å². The molecule has 0 spiro atoms. The molecule has 1 fully saturated rings. The molecule has 1 amide bonds. The Hall–Kier alpha value is -2.44. The standard InChI is InChI=1S/C23H22ClN3O3S2/c1-3-14-26-21-19(24)8-6-9-20(21)31-23(26)25-22(28)17-10-12-18(13-11-17)32(29,30)27-15-5-4-7-16(27)2/h1,6,8-13,16H,4-5,7,14-15H2,2H3. The SMILES string of the molecule is C#CCn1c(=NC(=O)c2ccc(S(=O)(=O)N3CCCCC3C)cc2)sc2cccc(Cl)c21. The van der Waals surface area contributed by atoms with Crippen LogP contribution in [0.5, 0.6) is 0 Å².